The number of aromatic nitrogens is 2. The second-order valence-corrected chi connectivity index (χ2v) is 16.0. The number of para-hydroxylation sites is 6. The number of nitriles is 2. The van der Waals surface area contributed by atoms with E-state index < -0.39 is 0 Å². The van der Waals surface area contributed by atoms with Gasteiger partial charge in [0.15, 0.2) is 0 Å². The highest BCUT2D eigenvalue weighted by molar-refractivity contribution is 6.29. The Balaban J connectivity index is 1.03. The normalized spacial score (nSPS) is 11.8. The second-order valence-electron chi connectivity index (χ2n) is 16.0. The molecule has 0 saturated carbocycles. The van der Waals surface area contributed by atoms with Crippen LogP contribution in [0.3, 0.4) is 0 Å². The van der Waals surface area contributed by atoms with Crippen molar-refractivity contribution in [2.24, 2.45) is 0 Å². The summed E-state index contributed by atoms with van der Waals surface area (Å²) >= 11 is 0. The Morgan fingerprint density at radius 2 is 0.677 bits per heavy atom. The van der Waals surface area contributed by atoms with Gasteiger partial charge in [0, 0.05) is 65.8 Å². The fourth-order valence-electron chi connectivity index (χ4n) is 10.2. The summed E-state index contributed by atoms with van der Waals surface area (Å²) in [5.74, 6) is 0. The minimum Gasteiger partial charge on any atom is -0.309 e. The van der Waals surface area contributed by atoms with Crippen molar-refractivity contribution in [1.82, 2.24) is 8.80 Å². The van der Waals surface area contributed by atoms with Gasteiger partial charge in [0.05, 0.1) is 55.6 Å². The van der Waals surface area contributed by atoms with Crippen LogP contribution in [0.25, 0.3) is 76.2 Å². The molecule has 6 heteroatoms. The Bertz CT molecular complexity index is 3750. The lowest BCUT2D eigenvalue weighted by atomic mass is 10.0. The number of nitrogens with zero attached hydrogens (tertiary/aromatic N) is 6. The number of anilines is 6. The van der Waals surface area contributed by atoms with Crippen LogP contribution in [0.1, 0.15) is 11.1 Å². The highest BCUT2D eigenvalue weighted by Gasteiger charge is 2.25. The van der Waals surface area contributed by atoms with E-state index in [2.05, 4.69) is 140 Å². The van der Waals surface area contributed by atoms with E-state index in [0.29, 0.717) is 11.1 Å². The molecule has 0 amide bonds. The van der Waals surface area contributed by atoms with Gasteiger partial charge in [-0.1, -0.05) is 97.1 Å². The molecule has 0 aliphatic rings. The summed E-state index contributed by atoms with van der Waals surface area (Å²) in [6.07, 6.45) is 0. The van der Waals surface area contributed by atoms with Crippen molar-refractivity contribution in [3.05, 3.63) is 205 Å². The van der Waals surface area contributed by atoms with Gasteiger partial charge in [0.2, 0.25) is 0 Å². The number of benzene rings is 9. The van der Waals surface area contributed by atoms with Crippen LogP contribution in [0.4, 0.5) is 34.1 Å². The first-order chi connectivity index (χ1) is 30.7. The van der Waals surface area contributed by atoms with Crippen LogP contribution >= 0.6 is 0 Å². The van der Waals surface area contributed by atoms with E-state index in [9.17, 15) is 10.5 Å². The van der Waals surface area contributed by atoms with E-state index >= 15 is 0 Å². The fraction of sp³-hybridized carbons (Fsp3) is 0. The van der Waals surface area contributed by atoms with Gasteiger partial charge in [-0.05, 0) is 97.1 Å². The molecule has 6 nitrogen and oxygen atoms in total. The van der Waals surface area contributed by atoms with E-state index in [1.54, 1.807) is 0 Å². The third kappa shape index (κ3) is 4.61. The zero-order valence-corrected chi connectivity index (χ0v) is 33.2. The molecule has 0 N–H and O–H groups in total. The molecule has 0 radical (unpaired) electrons. The average molecular weight is 789 g/mol. The standard InChI is InChI=1S/C56H32N6/c57-33-35-13-7-9-23-49(35)59(37-15-3-1-4-16-37)39-25-27-51-45(29-39)41-19-11-21-43-47-32-54-48(31-53(47)61(51)55(41)43)44-22-12-20-42-46-30-40(26-28-52(46)62(54)56(42)44)60(38-17-5-2-6-18-38)50-24-10-8-14-36(50)34-58/h1-32H. The highest BCUT2D eigenvalue weighted by Crippen LogP contribution is 2.47. The maximum absolute atomic E-state index is 10.2. The van der Waals surface area contributed by atoms with Crippen molar-refractivity contribution in [2.75, 3.05) is 9.80 Å². The molecule has 0 aliphatic carbocycles. The lowest BCUT2D eigenvalue weighted by molar-refractivity contribution is 1.27. The number of rotatable bonds is 6. The van der Waals surface area contributed by atoms with Crippen LogP contribution < -0.4 is 9.80 Å². The van der Waals surface area contributed by atoms with Gasteiger partial charge in [0.1, 0.15) is 12.1 Å². The lowest BCUT2D eigenvalue weighted by Gasteiger charge is -2.26. The number of hydrogen-bond donors (Lipinski definition) is 0. The highest BCUT2D eigenvalue weighted by atomic mass is 15.2. The summed E-state index contributed by atoms with van der Waals surface area (Å²) in [5.41, 5.74) is 14.0. The Hall–Kier alpha value is -8.84. The Morgan fingerprint density at radius 3 is 1.08 bits per heavy atom. The molecule has 0 bridgehead atoms. The Labute approximate surface area is 355 Å². The molecule has 4 aromatic heterocycles. The molecule has 4 heterocycles. The maximum atomic E-state index is 10.2. The summed E-state index contributed by atoms with van der Waals surface area (Å²) in [6, 6.07) is 72.6. The lowest BCUT2D eigenvalue weighted by Crippen LogP contribution is -2.11. The topological polar surface area (TPSA) is 62.9 Å². The van der Waals surface area contributed by atoms with Gasteiger partial charge in [-0.3, -0.25) is 0 Å². The van der Waals surface area contributed by atoms with Crippen LogP contribution in [0.5, 0.6) is 0 Å². The zero-order chi connectivity index (χ0) is 41.1. The molecule has 286 valence electrons. The van der Waals surface area contributed by atoms with E-state index in [1.165, 1.54) is 54.4 Å². The van der Waals surface area contributed by atoms with Crippen molar-refractivity contribution in [2.45, 2.75) is 0 Å². The monoisotopic (exact) mass is 788 g/mol. The van der Waals surface area contributed by atoms with E-state index in [1.807, 2.05) is 84.9 Å². The van der Waals surface area contributed by atoms with Gasteiger partial charge in [-0.15, -0.1) is 0 Å². The summed E-state index contributed by atoms with van der Waals surface area (Å²) in [6.45, 7) is 0. The first kappa shape index (κ1) is 34.1. The summed E-state index contributed by atoms with van der Waals surface area (Å²) in [5, 5.41) is 29.9. The summed E-state index contributed by atoms with van der Waals surface area (Å²) in [7, 11) is 0. The first-order valence-corrected chi connectivity index (χ1v) is 20.7. The molecule has 62 heavy (non-hydrogen) atoms. The fourth-order valence-corrected chi connectivity index (χ4v) is 10.2. The van der Waals surface area contributed by atoms with Gasteiger partial charge in [0.25, 0.3) is 0 Å². The third-order valence-corrected chi connectivity index (χ3v) is 12.8. The van der Waals surface area contributed by atoms with E-state index in [-0.39, 0.29) is 0 Å². The minimum atomic E-state index is 0.620. The van der Waals surface area contributed by atoms with Crippen LogP contribution in [-0.4, -0.2) is 8.80 Å². The summed E-state index contributed by atoms with van der Waals surface area (Å²) in [4.78, 5) is 4.37. The van der Waals surface area contributed by atoms with Crippen LogP contribution in [-0.2, 0) is 0 Å². The molecule has 0 spiro atoms. The molecular weight excluding hydrogens is 757 g/mol. The molecule has 0 unspecified atom stereocenters. The zero-order valence-electron chi connectivity index (χ0n) is 33.2. The van der Waals surface area contributed by atoms with E-state index in [0.717, 1.165) is 55.9 Å². The van der Waals surface area contributed by atoms with Crippen molar-refractivity contribution in [1.29, 1.82) is 10.5 Å². The van der Waals surface area contributed by atoms with Crippen molar-refractivity contribution >= 4 is 110 Å². The molecule has 13 aromatic rings. The Kier molecular flexibility index (Phi) is 7.05. The minimum absolute atomic E-state index is 0.620. The smallest absolute Gasteiger partial charge is 0.101 e. The van der Waals surface area contributed by atoms with Crippen molar-refractivity contribution in [3.8, 4) is 12.1 Å². The number of fused-ring (bicyclic) bond motifs is 12. The average Bonchev–Trinajstić information content (AvgIpc) is 4.05. The van der Waals surface area contributed by atoms with Gasteiger partial charge >= 0.3 is 0 Å². The molecule has 0 fully saturated rings. The van der Waals surface area contributed by atoms with E-state index in [4.69, 9.17) is 0 Å². The van der Waals surface area contributed by atoms with Crippen molar-refractivity contribution < 1.29 is 0 Å². The Morgan fingerprint density at radius 1 is 0.306 bits per heavy atom. The SMILES string of the molecule is N#Cc1ccccc1N(c1ccccc1)c1ccc2c(c1)c1cccc3c4cc5c(cc4n2c13)c1cccc2c3cc(N(c4ccccc4)c4ccccc4C#N)ccc3n5c21. The van der Waals surface area contributed by atoms with Crippen LogP contribution in [0.15, 0.2) is 194 Å². The van der Waals surface area contributed by atoms with Gasteiger partial charge in [-0.2, -0.15) is 10.5 Å². The molecule has 13 rings (SSSR count). The maximum Gasteiger partial charge on any atom is 0.101 e. The van der Waals surface area contributed by atoms with Crippen LogP contribution in [0.2, 0.25) is 0 Å². The molecular formula is C56H32N6. The second kappa shape index (κ2) is 12.8. The van der Waals surface area contributed by atoms with Crippen molar-refractivity contribution in [3.63, 3.8) is 0 Å². The third-order valence-electron chi connectivity index (χ3n) is 12.8. The summed E-state index contributed by atoms with van der Waals surface area (Å²) < 4.78 is 4.90. The molecule has 0 aliphatic heterocycles. The largest absolute Gasteiger partial charge is 0.309 e. The predicted octanol–water partition coefficient (Wildman–Crippen LogP) is 14.7. The quantitative estimate of drug-likeness (QED) is 0.168. The molecule has 0 saturated heterocycles. The predicted molar refractivity (Wildman–Crippen MR) is 255 cm³/mol. The van der Waals surface area contributed by atoms with Crippen LogP contribution in [0, 0.1) is 22.7 Å². The number of hydrogen-bond acceptors (Lipinski definition) is 4. The van der Waals surface area contributed by atoms with Gasteiger partial charge in [-0.25, -0.2) is 0 Å². The van der Waals surface area contributed by atoms with Gasteiger partial charge < -0.3 is 18.6 Å². The molecule has 0 atom stereocenters. The molecule has 9 aromatic carbocycles. The first-order valence-electron chi connectivity index (χ1n) is 20.7.